The van der Waals surface area contributed by atoms with E-state index < -0.39 is 0 Å². The van der Waals surface area contributed by atoms with Gasteiger partial charge >= 0.3 is 0 Å². The standard InChI is InChI=1S/C10H18N/c1-8-6-7-11-10-5-3-2-4-9(8)10/h8-10H,2-7H2,1H3. The molecule has 0 spiro atoms. The van der Waals surface area contributed by atoms with Crippen LogP contribution in [0.5, 0.6) is 0 Å². The summed E-state index contributed by atoms with van der Waals surface area (Å²) in [4.78, 5) is 0. The maximum absolute atomic E-state index is 4.70. The predicted octanol–water partition coefficient (Wildman–Crippen LogP) is 2.19. The molecule has 2 aliphatic rings. The molecule has 1 radical (unpaired) electrons. The molecule has 0 amide bonds. The molecule has 1 aliphatic carbocycles. The number of hydrogen-bond acceptors (Lipinski definition) is 0. The van der Waals surface area contributed by atoms with Crippen LogP contribution in [0.4, 0.5) is 0 Å². The van der Waals surface area contributed by atoms with Crippen molar-refractivity contribution in [3.63, 3.8) is 0 Å². The highest BCUT2D eigenvalue weighted by atomic mass is 14.9. The van der Waals surface area contributed by atoms with Crippen LogP contribution in [0.1, 0.15) is 39.0 Å². The van der Waals surface area contributed by atoms with Gasteiger partial charge in [0.1, 0.15) is 0 Å². The summed E-state index contributed by atoms with van der Waals surface area (Å²) in [6.45, 7) is 3.56. The minimum Gasteiger partial charge on any atom is -0.238 e. The molecule has 1 saturated carbocycles. The Hall–Kier alpha value is -0.0400. The lowest BCUT2D eigenvalue weighted by Crippen LogP contribution is -2.42. The van der Waals surface area contributed by atoms with Crippen LogP contribution in [0.25, 0.3) is 0 Å². The van der Waals surface area contributed by atoms with E-state index in [0.717, 1.165) is 24.4 Å². The summed E-state index contributed by atoms with van der Waals surface area (Å²) < 4.78 is 0. The molecule has 0 aromatic heterocycles. The quantitative estimate of drug-likeness (QED) is 0.505. The highest BCUT2D eigenvalue weighted by Crippen LogP contribution is 2.34. The first-order chi connectivity index (χ1) is 5.38. The Bertz CT molecular complexity index is 131. The minimum absolute atomic E-state index is 0.757. The molecule has 1 heteroatoms. The lowest BCUT2D eigenvalue weighted by atomic mass is 9.74. The maximum Gasteiger partial charge on any atom is 0.0276 e. The monoisotopic (exact) mass is 152 g/mol. The number of fused-ring (bicyclic) bond motifs is 1. The molecule has 1 nitrogen and oxygen atoms in total. The van der Waals surface area contributed by atoms with Crippen LogP contribution < -0.4 is 5.32 Å². The molecule has 2 fully saturated rings. The fourth-order valence-corrected chi connectivity index (χ4v) is 2.69. The molecule has 1 saturated heterocycles. The van der Waals surface area contributed by atoms with E-state index in [2.05, 4.69) is 6.92 Å². The van der Waals surface area contributed by atoms with Crippen molar-refractivity contribution < 1.29 is 0 Å². The number of piperidine rings is 1. The summed E-state index contributed by atoms with van der Waals surface area (Å²) in [5.41, 5.74) is 0. The zero-order chi connectivity index (χ0) is 7.68. The normalized spacial score (nSPS) is 45.0. The van der Waals surface area contributed by atoms with Gasteiger partial charge in [-0.05, 0) is 31.1 Å². The number of hydrogen-bond donors (Lipinski definition) is 0. The summed E-state index contributed by atoms with van der Waals surface area (Å²) in [6.07, 6.45) is 7.07. The van der Waals surface area contributed by atoms with Gasteiger partial charge in [-0.15, -0.1) is 0 Å². The van der Waals surface area contributed by atoms with Gasteiger partial charge < -0.3 is 0 Å². The van der Waals surface area contributed by atoms with Gasteiger partial charge in [-0.2, -0.15) is 0 Å². The van der Waals surface area contributed by atoms with Crippen LogP contribution in [0.15, 0.2) is 0 Å². The third kappa shape index (κ3) is 1.44. The van der Waals surface area contributed by atoms with Crippen molar-refractivity contribution in [2.75, 3.05) is 6.54 Å². The molecule has 1 aliphatic heterocycles. The summed E-state index contributed by atoms with van der Waals surface area (Å²) in [5, 5.41) is 4.70. The molecular weight excluding hydrogens is 134 g/mol. The fraction of sp³-hybridized carbons (Fsp3) is 1.00. The van der Waals surface area contributed by atoms with Gasteiger partial charge in [0.2, 0.25) is 0 Å². The van der Waals surface area contributed by atoms with Gasteiger partial charge in [0.15, 0.2) is 0 Å². The Morgan fingerprint density at radius 3 is 2.73 bits per heavy atom. The van der Waals surface area contributed by atoms with Gasteiger partial charge in [0.25, 0.3) is 0 Å². The number of nitrogens with zero attached hydrogens (tertiary/aromatic N) is 1. The average Bonchev–Trinajstić information content (AvgIpc) is 2.06. The van der Waals surface area contributed by atoms with E-state index in [9.17, 15) is 0 Å². The van der Waals surface area contributed by atoms with Crippen LogP contribution in [0.2, 0.25) is 0 Å². The Morgan fingerprint density at radius 1 is 1.09 bits per heavy atom. The lowest BCUT2D eigenvalue weighted by Gasteiger charge is -2.39. The second-order valence-electron chi connectivity index (χ2n) is 4.19. The molecule has 0 N–H and O–H groups in total. The largest absolute Gasteiger partial charge is 0.238 e. The maximum atomic E-state index is 4.70. The van der Waals surface area contributed by atoms with Gasteiger partial charge in [-0.25, -0.2) is 5.32 Å². The summed E-state index contributed by atoms with van der Waals surface area (Å²) in [5.74, 6) is 1.91. The zero-order valence-electron chi connectivity index (χ0n) is 7.42. The van der Waals surface area contributed by atoms with Crippen molar-refractivity contribution in [2.45, 2.75) is 45.1 Å². The summed E-state index contributed by atoms with van der Waals surface area (Å²) in [6, 6.07) is 0.757. The van der Waals surface area contributed by atoms with Crippen molar-refractivity contribution in [2.24, 2.45) is 11.8 Å². The molecule has 0 bridgehead atoms. The SMILES string of the molecule is CC1CC[N]C2CCCCC12. The summed E-state index contributed by atoms with van der Waals surface area (Å²) in [7, 11) is 0. The van der Waals surface area contributed by atoms with Crippen molar-refractivity contribution in [1.29, 1.82) is 0 Å². The highest BCUT2D eigenvalue weighted by molar-refractivity contribution is 4.87. The van der Waals surface area contributed by atoms with E-state index in [1.54, 1.807) is 0 Å². The van der Waals surface area contributed by atoms with Crippen molar-refractivity contribution in [1.82, 2.24) is 5.32 Å². The van der Waals surface area contributed by atoms with E-state index in [1.165, 1.54) is 32.1 Å². The fourth-order valence-electron chi connectivity index (χ4n) is 2.69. The van der Waals surface area contributed by atoms with Crippen molar-refractivity contribution in [3.8, 4) is 0 Å². The first kappa shape index (κ1) is 7.60. The van der Waals surface area contributed by atoms with Crippen LogP contribution in [0.3, 0.4) is 0 Å². The van der Waals surface area contributed by atoms with Crippen molar-refractivity contribution >= 4 is 0 Å². The van der Waals surface area contributed by atoms with E-state index >= 15 is 0 Å². The van der Waals surface area contributed by atoms with Crippen LogP contribution in [0, 0.1) is 11.8 Å². The van der Waals surface area contributed by atoms with Gasteiger partial charge in [0.05, 0.1) is 0 Å². The minimum atomic E-state index is 0.757. The molecule has 3 atom stereocenters. The van der Waals surface area contributed by atoms with E-state index in [0.29, 0.717) is 0 Å². The van der Waals surface area contributed by atoms with E-state index in [4.69, 9.17) is 5.32 Å². The predicted molar refractivity (Wildman–Crippen MR) is 46.5 cm³/mol. The number of rotatable bonds is 0. The molecule has 11 heavy (non-hydrogen) atoms. The molecule has 3 unspecified atom stereocenters. The van der Waals surface area contributed by atoms with E-state index in [-0.39, 0.29) is 0 Å². The molecule has 0 aromatic carbocycles. The van der Waals surface area contributed by atoms with Gasteiger partial charge in [-0.3, -0.25) is 0 Å². The van der Waals surface area contributed by atoms with Crippen LogP contribution in [-0.4, -0.2) is 12.6 Å². The van der Waals surface area contributed by atoms with Crippen molar-refractivity contribution in [3.05, 3.63) is 0 Å². The Morgan fingerprint density at radius 2 is 1.91 bits per heavy atom. The molecule has 2 rings (SSSR count). The average molecular weight is 152 g/mol. The van der Waals surface area contributed by atoms with Gasteiger partial charge in [0, 0.05) is 12.6 Å². The second kappa shape index (κ2) is 3.14. The van der Waals surface area contributed by atoms with E-state index in [1.807, 2.05) is 0 Å². The Labute approximate surface area is 69.6 Å². The van der Waals surface area contributed by atoms with Crippen LogP contribution in [-0.2, 0) is 0 Å². The molecular formula is C10H18N. The summed E-state index contributed by atoms with van der Waals surface area (Å²) >= 11 is 0. The topological polar surface area (TPSA) is 14.1 Å². The zero-order valence-corrected chi connectivity index (χ0v) is 7.42. The third-order valence-electron chi connectivity index (χ3n) is 3.46. The highest BCUT2D eigenvalue weighted by Gasteiger charge is 2.32. The lowest BCUT2D eigenvalue weighted by molar-refractivity contribution is 0.147. The third-order valence-corrected chi connectivity index (χ3v) is 3.46. The second-order valence-corrected chi connectivity index (χ2v) is 4.19. The Balaban J connectivity index is 1.99. The van der Waals surface area contributed by atoms with Gasteiger partial charge in [-0.1, -0.05) is 19.8 Å². The van der Waals surface area contributed by atoms with Crippen LogP contribution >= 0.6 is 0 Å². The Kier molecular flexibility index (Phi) is 2.17. The smallest absolute Gasteiger partial charge is 0.0276 e. The molecule has 0 aromatic rings. The molecule has 63 valence electrons. The molecule has 1 heterocycles. The first-order valence-electron chi connectivity index (χ1n) is 5.04. The first-order valence-corrected chi connectivity index (χ1v) is 5.04.